The molecule has 0 radical (unpaired) electrons. The number of piperidine rings is 1. The molecular weight excluding hydrogens is 280 g/mol. The molecule has 1 aliphatic carbocycles. The summed E-state index contributed by atoms with van der Waals surface area (Å²) in [5, 5.41) is 10.9. The van der Waals surface area contributed by atoms with Crippen molar-refractivity contribution in [2.24, 2.45) is 11.8 Å². The summed E-state index contributed by atoms with van der Waals surface area (Å²) in [5.41, 5.74) is 0.741. The summed E-state index contributed by atoms with van der Waals surface area (Å²) in [5.74, 6) is 1.83. The summed E-state index contributed by atoms with van der Waals surface area (Å²) in [4.78, 5) is 23.1. The number of amides is 1. The van der Waals surface area contributed by atoms with E-state index in [4.69, 9.17) is 0 Å². The third-order valence-electron chi connectivity index (χ3n) is 4.58. The minimum atomic E-state index is 0.0458. The van der Waals surface area contributed by atoms with Gasteiger partial charge in [0.05, 0.1) is 17.5 Å². The Balaban J connectivity index is 1.48. The van der Waals surface area contributed by atoms with Gasteiger partial charge in [0.2, 0.25) is 5.91 Å². The Kier molecular flexibility index (Phi) is 3.40. The molecule has 1 amide bonds. The number of H-pyrrole nitrogens is 1. The normalized spacial score (nSPS) is 22.0. The van der Waals surface area contributed by atoms with E-state index in [1.54, 1.807) is 12.5 Å². The molecule has 7 nitrogen and oxygen atoms in total. The number of anilines is 1. The van der Waals surface area contributed by atoms with Gasteiger partial charge in [-0.2, -0.15) is 5.10 Å². The van der Waals surface area contributed by atoms with Crippen LogP contribution in [0.15, 0.2) is 12.5 Å². The summed E-state index contributed by atoms with van der Waals surface area (Å²) in [6.45, 7) is 2.48. The van der Waals surface area contributed by atoms with Crippen molar-refractivity contribution in [1.82, 2.24) is 25.5 Å². The average Bonchev–Trinajstić information content (AvgIpc) is 3.27. The Labute approximate surface area is 128 Å². The van der Waals surface area contributed by atoms with Crippen molar-refractivity contribution < 1.29 is 4.79 Å². The molecule has 0 bridgehead atoms. The van der Waals surface area contributed by atoms with Crippen LogP contribution in [0.5, 0.6) is 0 Å². The molecule has 2 aromatic rings. The van der Waals surface area contributed by atoms with Crippen molar-refractivity contribution in [3.05, 3.63) is 12.5 Å². The van der Waals surface area contributed by atoms with Gasteiger partial charge in [-0.25, -0.2) is 9.97 Å². The fraction of sp³-hybridized carbons (Fsp3) is 0.600. The monoisotopic (exact) mass is 300 g/mol. The molecule has 4 rings (SSSR count). The second kappa shape index (κ2) is 5.55. The zero-order chi connectivity index (χ0) is 14.9. The van der Waals surface area contributed by atoms with Crippen molar-refractivity contribution in [2.45, 2.75) is 25.7 Å². The molecule has 0 spiro atoms. The highest BCUT2D eigenvalue weighted by molar-refractivity contribution is 5.87. The molecule has 1 unspecified atom stereocenters. The van der Waals surface area contributed by atoms with E-state index >= 15 is 0 Å². The second-order valence-corrected chi connectivity index (χ2v) is 6.30. The van der Waals surface area contributed by atoms with Crippen LogP contribution in [0.4, 0.5) is 5.82 Å². The number of aromatic amines is 1. The molecule has 116 valence electrons. The van der Waals surface area contributed by atoms with E-state index in [1.807, 2.05) is 0 Å². The van der Waals surface area contributed by atoms with Crippen molar-refractivity contribution in [2.75, 3.05) is 24.5 Å². The van der Waals surface area contributed by atoms with Crippen LogP contribution in [0.1, 0.15) is 25.7 Å². The van der Waals surface area contributed by atoms with Crippen molar-refractivity contribution in [3.8, 4) is 0 Å². The quantitative estimate of drug-likeness (QED) is 0.883. The van der Waals surface area contributed by atoms with Crippen LogP contribution in [-0.2, 0) is 4.79 Å². The fourth-order valence-electron chi connectivity index (χ4n) is 3.10. The second-order valence-electron chi connectivity index (χ2n) is 6.30. The number of rotatable bonds is 4. The predicted octanol–water partition coefficient (Wildman–Crippen LogP) is 1.10. The van der Waals surface area contributed by atoms with Crippen LogP contribution < -0.4 is 10.2 Å². The largest absolute Gasteiger partial charge is 0.356 e. The van der Waals surface area contributed by atoms with E-state index < -0.39 is 0 Å². The number of fused-ring (bicyclic) bond motifs is 1. The molecule has 7 heteroatoms. The van der Waals surface area contributed by atoms with Gasteiger partial charge in [-0.3, -0.25) is 9.89 Å². The molecule has 2 fully saturated rings. The third kappa shape index (κ3) is 2.63. The van der Waals surface area contributed by atoms with Crippen molar-refractivity contribution in [3.63, 3.8) is 0 Å². The van der Waals surface area contributed by atoms with E-state index in [-0.39, 0.29) is 11.8 Å². The van der Waals surface area contributed by atoms with Crippen LogP contribution in [0.25, 0.3) is 11.0 Å². The van der Waals surface area contributed by atoms with E-state index in [9.17, 15) is 4.79 Å². The van der Waals surface area contributed by atoms with Gasteiger partial charge in [-0.1, -0.05) is 0 Å². The lowest BCUT2D eigenvalue weighted by molar-refractivity contribution is -0.125. The maximum Gasteiger partial charge on any atom is 0.224 e. The number of aromatic nitrogens is 4. The molecule has 2 aromatic heterocycles. The smallest absolute Gasteiger partial charge is 0.224 e. The van der Waals surface area contributed by atoms with Crippen LogP contribution in [-0.4, -0.2) is 45.7 Å². The Hall–Kier alpha value is -2.18. The minimum Gasteiger partial charge on any atom is -0.356 e. The number of carbonyl (C=O) groups excluding carboxylic acids is 1. The van der Waals surface area contributed by atoms with Crippen molar-refractivity contribution in [1.29, 1.82) is 0 Å². The molecule has 1 atom stereocenters. The van der Waals surface area contributed by atoms with Gasteiger partial charge in [0.25, 0.3) is 0 Å². The Bertz CT molecular complexity index is 679. The molecule has 3 heterocycles. The summed E-state index contributed by atoms with van der Waals surface area (Å²) < 4.78 is 0. The van der Waals surface area contributed by atoms with Gasteiger partial charge in [0.15, 0.2) is 5.65 Å². The third-order valence-corrected chi connectivity index (χ3v) is 4.58. The Morgan fingerprint density at radius 2 is 2.27 bits per heavy atom. The molecule has 1 saturated carbocycles. The van der Waals surface area contributed by atoms with Crippen molar-refractivity contribution >= 4 is 22.8 Å². The van der Waals surface area contributed by atoms with Crippen LogP contribution in [0, 0.1) is 11.8 Å². The fourth-order valence-corrected chi connectivity index (χ4v) is 3.10. The highest BCUT2D eigenvalue weighted by atomic mass is 16.1. The molecule has 1 saturated heterocycles. The van der Waals surface area contributed by atoms with E-state index in [0.717, 1.165) is 48.7 Å². The highest BCUT2D eigenvalue weighted by Gasteiger charge is 2.29. The SMILES string of the molecule is O=C(NCC1CC1)C1CCCN(c2ncnc3[nH]ncc23)C1. The standard InChI is InChI=1S/C15H20N6O/c22-15(16-6-10-3-4-10)11-2-1-5-21(8-11)14-12-7-19-20-13(12)17-9-18-14/h7,9-11H,1-6,8H2,(H,16,22)(H,17,18,19,20). The first kappa shape index (κ1) is 13.5. The lowest BCUT2D eigenvalue weighted by Crippen LogP contribution is -2.43. The van der Waals surface area contributed by atoms with Gasteiger partial charge in [-0.15, -0.1) is 0 Å². The predicted molar refractivity (Wildman–Crippen MR) is 82.4 cm³/mol. The zero-order valence-corrected chi connectivity index (χ0v) is 12.5. The number of hydrogen-bond acceptors (Lipinski definition) is 5. The van der Waals surface area contributed by atoms with Gasteiger partial charge < -0.3 is 10.2 Å². The minimum absolute atomic E-state index is 0.0458. The van der Waals surface area contributed by atoms with Gasteiger partial charge in [0, 0.05) is 19.6 Å². The number of carbonyl (C=O) groups is 1. The lowest BCUT2D eigenvalue weighted by Gasteiger charge is -2.33. The Morgan fingerprint density at radius 1 is 1.36 bits per heavy atom. The lowest BCUT2D eigenvalue weighted by atomic mass is 9.97. The van der Waals surface area contributed by atoms with Gasteiger partial charge in [-0.05, 0) is 31.6 Å². The van der Waals surface area contributed by atoms with Crippen LogP contribution >= 0.6 is 0 Å². The van der Waals surface area contributed by atoms with E-state index in [2.05, 4.69) is 30.4 Å². The highest BCUT2D eigenvalue weighted by Crippen LogP contribution is 2.29. The van der Waals surface area contributed by atoms with Gasteiger partial charge in [0.1, 0.15) is 12.1 Å². The van der Waals surface area contributed by atoms with E-state index in [1.165, 1.54) is 12.8 Å². The van der Waals surface area contributed by atoms with Crippen LogP contribution in [0.3, 0.4) is 0 Å². The van der Waals surface area contributed by atoms with Crippen LogP contribution in [0.2, 0.25) is 0 Å². The first-order chi connectivity index (χ1) is 10.8. The molecule has 22 heavy (non-hydrogen) atoms. The molecule has 1 aliphatic heterocycles. The molecule has 2 N–H and O–H groups in total. The summed E-state index contributed by atoms with van der Waals surface area (Å²) in [7, 11) is 0. The maximum atomic E-state index is 12.3. The average molecular weight is 300 g/mol. The summed E-state index contributed by atoms with van der Waals surface area (Å²) >= 11 is 0. The first-order valence-electron chi connectivity index (χ1n) is 7.98. The summed E-state index contributed by atoms with van der Waals surface area (Å²) in [6, 6.07) is 0. The molecule has 0 aromatic carbocycles. The number of hydrogen-bond donors (Lipinski definition) is 2. The molecular formula is C15H20N6O. The number of nitrogens with zero attached hydrogens (tertiary/aromatic N) is 4. The molecule has 2 aliphatic rings. The van der Waals surface area contributed by atoms with E-state index in [0.29, 0.717) is 6.54 Å². The summed E-state index contributed by atoms with van der Waals surface area (Å²) in [6.07, 6.45) is 7.78. The Morgan fingerprint density at radius 3 is 3.14 bits per heavy atom. The first-order valence-corrected chi connectivity index (χ1v) is 7.98. The number of nitrogens with one attached hydrogen (secondary N) is 2. The van der Waals surface area contributed by atoms with Gasteiger partial charge >= 0.3 is 0 Å². The topological polar surface area (TPSA) is 86.8 Å². The zero-order valence-electron chi connectivity index (χ0n) is 12.5. The maximum absolute atomic E-state index is 12.3.